The highest BCUT2D eigenvalue weighted by molar-refractivity contribution is 5.94. The van der Waals surface area contributed by atoms with Crippen molar-refractivity contribution in [1.29, 1.82) is 0 Å². The molecular weight excluding hydrogens is 298 g/mol. The number of nitrogens with two attached hydrogens (primary N) is 1. The van der Waals surface area contributed by atoms with Gasteiger partial charge in [-0.1, -0.05) is 19.0 Å². The Labute approximate surface area is 134 Å². The number of carbonyl (C=O) groups excluding carboxylic acids is 2. The van der Waals surface area contributed by atoms with E-state index in [1.807, 2.05) is 27.0 Å². The molecule has 0 radical (unpaired) electrons. The van der Waals surface area contributed by atoms with Crippen molar-refractivity contribution < 1.29 is 14.1 Å². The predicted octanol–water partition coefficient (Wildman–Crippen LogP) is 0.811. The molecule has 0 aliphatic carbocycles. The number of rotatable bonds is 7. The molecule has 2 aromatic rings. The van der Waals surface area contributed by atoms with Gasteiger partial charge in [-0.3, -0.25) is 14.3 Å². The van der Waals surface area contributed by atoms with E-state index < -0.39 is 5.91 Å². The number of primary amides is 1. The topological polar surface area (TPSA) is 107 Å². The number of hydrogen-bond donors (Lipinski definition) is 1. The molecule has 8 heteroatoms. The SMILES string of the molecule is Cc1cnn(Cc2cc(C(=O)N(CC(N)=O)CC(C)C)no2)c1. The Morgan fingerprint density at radius 2 is 2.17 bits per heavy atom. The van der Waals surface area contributed by atoms with Gasteiger partial charge in [-0.25, -0.2) is 0 Å². The zero-order chi connectivity index (χ0) is 17.0. The molecule has 0 aromatic carbocycles. The zero-order valence-electron chi connectivity index (χ0n) is 13.5. The first kappa shape index (κ1) is 16.7. The van der Waals surface area contributed by atoms with Crippen molar-refractivity contribution in [2.45, 2.75) is 27.3 Å². The van der Waals surface area contributed by atoms with Gasteiger partial charge < -0.3 is 15.2 Å². The predicted molar refractivity (Wildman–Crippen MR) is 82.5 cm³/mol. The summed E-state index contributed by atoms with van der Waals surface area (Å²) in [5.41, 5.74) is 6.40. The molecule has 2 aromatic heterocycles. The van der Waals surface area contributed by atoms with E-state index >= 15 is 0 Å². The van der Waals surface area contributed by atoms with Crippen molar-refractivity contribution in [1.82, 2.24) is 19.8 Å². The molecule has 23 heavy (non-hydrogen) atoms. The molecule has 0 saturated heterocycles. The van der Waals surface area contributed by atoms with Crippen LogP contribution in [0.15, 0.2) is 23.0 Å². The fraction of sp³-hybridized carbons (Fsp3) is 0.467. The van der Waals surface area contributed by atoms with Gasteiger partial charge >= 0.3 is 0 Å². The minimum atomic E-state index is -0.560. The van der Waals surface area contributed by atoms with Gasteiger partial charge in [-0.15, -0.1) is 0 Å². The molecule has 2 N–H and O–H groups in total. The first-order valence-electron chi connectivity index (χ1n) is 7.37. The standard InChI is InChI=1S/C15H21N5O3/c1-10(2)6-19(9-14(16)21)15(22)13-4-12(23-18-13)8-20-7-11(3)5-17-20/h4-5,7,10H,6,8-9H2,1-3H3,(H2,16,21). The molecule has 0 bridgehead atoms. The smallest absolute Gasteiger partial charge is 0.276 e. The fourth-order valence-electron chi connectivity index (χ4n) is 2.21. The lowest BCUT2D eigenvalue weighted by molar-refractivity contribution is -0.118. The maximum atomic E-state index is 12.5. The highest BCUT2D eigenvalue weighted by atomic mass is 16.5. The van der Waals surface area contributed by atoms with Crippen LogP contribution in [0.1, 0.15) is 35.7 Å². The van der Waals surface area contributed by atoms with Crippen LogP contribution < -0.4 is 5.73 Å². The Hall–Kier alpha value is -2.64. The van der Waals surface area contributed by atoms with Crippen LogP contribution in [0, 0.1) is 12.8 Å². The number of aryl methyl sites for hydroxylation is 1. The third kappa shape index (κ3) is 4.67. The molecule has 0 fully saturated rings. The molecule has 8 nitrogen and oxygen atoms in total. The van der Waals surface area contributed by atoms with Gasteiger partial charge in [-0.2, -0.15) is 5.10 Å². The van der Waals surface area contributed by atoms with Gasteiger partial charge in [0.25, 0.3) is 5.91 Å². The average molecular weight is 319 g/mol. The number of aromatic nitrogens is 3. The zero-order valence-corrected chi connectivity index (χ0v) is 13.5. The third-order valence-electron chi connectivity index (χ3n) is 3.08. The van der Waals surface area contributed by atoms with Gasteiger partial charge in [0.1, 0.15) is 6.54 Å². The van der Waals surface area contributed by atoms with E-state index in [0.717, 1.165) is 5.56 Å². The molecule has 2 rings (SSSR count). The number of amides is 2. The molecule has 124 valence electrons. The molecule has 0 saturated carbocycles. The first-order chi connectivity index (χ1) is 10.8. The van der Waals surface area contributed by atoms with E-state index in [-0.39, 0.29) is 24.1 Å². The lowest BCUT2D eigenvalue weighted by atomic mass is 10.2. The Bertz CT molecular complexity index is 689. The Balaban J connectivity index is 2.10. The molecule has 2 heterocycles. The van der Waals surface area contributed by atoms with Gasteiger partial charge in [-0.05, 0) is 18.4 Å². The van der Waals surface area contributed by atoms with Gasteiger partial charge in [0.05, 0.1) is 12.7 Å². The summed E-state index contributed by atoms with van der Waals surface area (Å²) < 4.78 is 6.88. The fourth-order valence-corrected chi connectivity index (χ4v) is 2.21. The first-order valence-corrected chi connectivity index (χ1v) is 7.37. The molecule has 0 aliphatic rings. The van der Waals surface area contributed by atoms with Crippen LogP contribution in [0.3, 0.4) is 0 Å². The van der Waals surface area contributed by atoms with Crippen molar-refractivity contribution in [3.8, 4) is 0 Å². The molecule has 0 aliphatic heterocycles. The van der Waals surface area contributed by atoms with Gasteiger partial charge in [0, 0.05) is 18.8 Å². The maximum absolute atomic E-state index is 12.5. The minimum absolute atomic E-state index is 0.141. The number of hydrogen-bond acceptors (Lipinski definition) is 5. The average Bonchev–Trinajstić information content (AvgIpc) is 3.06. The molecule has 0 atom stereocenters. The van der Waals surface area contributed by atoms with Crippen LogP contribution in [-0.2, 0) is 11.3 Å². The Morgan fingerprint density at radius 3 is 2.74 bits per heavy atom. The van der Waals surface area contributed by atoms with E-state index in [0.29, 0.717) is 18.8 Å². The lowest BCUT2D eigenvalue weighted by Crippen LogP contribution is -2.40. The number of carbonyl (C=O) groups is 2. The third-order valence-corrected chi connectivity index (χ3v) is 3.08. The van der Waals surface area contributed by atoms with E-state index in [4.69, 9.17) is 10.3 Å². The summed E-state index contributed by atoms with van der Waals surface area (Å²) in [5.74, 6) is -0.212. The van der Waals surface area contributed by atoms with Gasteiger partial charge in [0.15, 0.2) is 11.5 Å². The van der Waals surface area contributed by atoms with E-state index in [9.17, 15) is 9.59 Å². The highest BCUT2D eigenvalue weighted by Gasteiger charge is 2.22. The van der Waals surface area contributed by atoms with Crippen LogP contribution in [0.4, 0.5) is 0 Å². The molecule has 0 spiro atoms. The largest absolute Gasteiger partial charge is 0.368 e. The van der Waals surface area contributed by atoms with Crippen LogP contribution >= 0.6 is 0 Å². The van der Waals surface area contributed by atoms with Crippen molar-refractivity contribution in [2.24, 2.45) is 11.7 Å². The van der Waals surface area contributed by atoms with Crippen LogP contribution in [0.25, 0.3) is 0 Å². The van der Waals surface area contributed by atoms with Crippen molar-refractivity contribution in [3.05, 3.63) is 35.5 Å². The van der Waals surface area contributed by atoms with Crippen molar-refractivity contribution >= 4 is 11.8 Å². The number of nitrogens with zero attached hydrogens (tertiary/aromatic N) is 4. The highest BCUT2D eigenvalue weighted by Crippen LogP contribution is 2.10. The van der Waals surface area contributed by atoms with Crippen LogP contribution in [-0.4, -0.2) is 44.7 Å². The molecule has 2 amide bonds. The summed E-state index contributed by atoms with van der Waals surface area (Å²) in [5, 5.41) is 7.95. The minimum Gasteiger partial charge on any atom is -0.368 e. The second kappa shape index (κ2) is 7.08. The van der Waals surface area contributed by atoms with Gasteiger partial charge in [0.2, 0.25) is 5.91 Å². The van der Waals surface area contributed by atoms with E-state index in [1.54, 1.807) is 16.9 Å². The Morgan fingerprint density at radius 1 is 1.43 bits per heavy atom. The summed E-state index contributed by atoms with van der Waals surface area (Å²) in [7, 11) is 0. The second-order valence-corrected chi connectivity index (χ2v) is 5.94. The lowest BCUT2D eigenvalue weighted by Gasteiger charge is -2.21. The summed E-state index contributed by atoms with van der Waals surface area (Å²) in [4.78, 5) is 25.0. The van der Waals surface area contributed by atoms with Crippen LogP contribution in [0.2, 0.25) is 0 Å². The second-order valence-electron chi connectivity index (χ2n) is 5.94. The van der Waals surface area contributed by atoms with Crippen molar-refractivity contribution in [2.75, 3.05) is 13.1 Å². The summed E-state index contributed by atoms with van der Waals surface area (Å²) in [6.45, 7) is 6.51. The summed E-state index contributed by atoms with van der Waals surface area (Å²) in [6.07, 6.45) is 3.60. The van der Waals surface area contributed by atoms with E-state index in [2.05, 4.69) is 10.3 Å². The summed E-state index contributed by atoms with van der Waals surface area (Å²) >= 11 is 0. The Kier molecular flexibility index (Phi) is 5.15. The monoisotopic (exact) mass is 319 g/mol. The normalized spacial score (nSPS) is 11.0. The molecular formula is C15H21N5O3. The molecule has 0 unspecified atom stereocenters. The quantitative estimate of drug-likeness (QED) is 0.812. The van der Waals surface area contributed by atoms with Crippen molar-refractivity contribution in [3.63, 3.8) is 0 Å². The van der Waals surface area contributed by atoms with Crippen LogP contribution in [0.5, 0.6) is 0 Å². The maximum Gasteiger partial charge on any atom is 0.276 e. The van der Waals surface area contributed by atoms with E-state index in [1.165, 1.54) is 4.90 Å². The summed E-state index contributed by atoms with van der Waals surface area (Å²) in [6, 6.07) is 1.56.